The van der Waals surface area contributed by atoms with Gasteiger partial charge in [0, 0.05) is 18.2 Å². The molecule has 0 aromatic heterocycles. The number of nitrogens with one attached hydrogen (secondary N) is 1. The lowest BCUT2D eigenvalue weighted by atomic mass is 9.77. The first-order valence-electron chi connectivity index (χ1n) is 7.95. The summed E-state index contributed by atoms with van der Waals surface area (Å²) in [4.78, 5) is 0. The Labute approximate surface area is 126 Å². The lowest BCUT2D eigenvalue weighted by Gasteiger charge is -2.35. The molecule has 2 aliphatic rings. The molecule has 21 heavy (non-hydrogen) atoms. The molecule has 0 heterocycles. The van der Waals surface area contributed by atoms with Gasteiger partial charge < -0.3 is 5.32 Å². The van der Waals surface area contributed by atoms with Gasteiger partial charge in [-0.2, -0.15) is 0 Å². The van der Waals surface area contributed by atoms with Crippen LogP contribution >= 0.6 is 0 Å². The zero-order valence-corrected chi connectivity index (χ0v) is 13.2. The molecule has 2 atom stereocenters. The van der Waals surface area contributed by atoms with Gasteiger partial charge in [0.05, 0.1) is 0 Å². The third-order valence-corrected chi connectivity index (χ3v) is 4.95. The first-order chi connectivity index (χ1) is 9.75. The van der Waals surface area contributed by atoms with Crippen molar-refractivity contribution in [1.82, 2.24) is 5.32 Å². The molecule has 116 valence electrons. The predicted octanol–water partition coefficient (Wildman–Crippen LogP) is 4.31. The highest BCUT2D eigenvalue weighted by molar-refractivity contribution is 5.21. The molecule has 0 spiro atoms. The van der Waals surface area contributed by atoms with Crippen LogP contribution in [0, 0.1) is 28.9 Å². The van der Waals surface area contributed by atoms with E-state index in [1.54, 1.807) is 0 Å². The third-order valence-electron chi connectivity index (χ3n) is 4.95. The lowest BCUT2D eigenvalue weighted by Crippen LogP contribution is -2.44. The first-order valence-corrected chi connectivity index (χ1v) is 7.95. The van der Waals surface area contributed by atoms with Gasteiger partial charge in [0.25, 0.3) is 0 Å². The maximum atomic E-state index is 13.4. The van der Waals surface area contributed by atoms with Crippen LogP contribution in [0.1, 0.15) is 45.6 Å². The molecule has 2 saturated carbocycles. The minimum absolute atomic E-state index is 0.0764. The third kappa shape index (κ3) is 3.63. The first kappa shape index (κ1) is 15.0. The fourth-order valence-electron chi connectivity index (χ4n) is 3.96. The van der Waals surface area contributed by atoms with Gasteiger partial charge in [-0.05, 0) is 81.4 Å². The summed E-state index contributed by atoms with van der Waals surface area (Å²) >= 11 is 0. The van der Waals surface area contributed by atoms with Crippen molar-refractivity contribution in [3.63, 3.8) is 0 Å². The average Bonchev–Trinajstić information content (AvgIpc) is 2.93. The Morgan fingerprint density at radius 1 is 1.10 bits per heavy atom. The average molecular weight is 293 g/mol. The number of benzene rings is 1. The Balaban J connectivity index is 1.76. The predicted molar refractivity (Wildman–Crippen MR) is 81.1 cm³/mol. The van der Waals surface area contributed by atoms with E-state index in [2.05, 4.69) is 26.1 Å². The topological polar surface area (TPSA) is 12.0 Å². The molecule has 1 aromatic rings. The van der Waals surface area contributed by atoms with Gasteiger partial charge in [-0.3, -0.25) is 0 Å². The van der Waals surface area contributed by atoms with E-state index in [1.807, 2.05) is 0 Å². The van der Waals surface area contributed by atoms with Crippen LogP contribution in [0.25, 0.3) is 0 Å². The van der Waals surface area contributed by atoms with Crippen LogP contribution in [0.4, 0.5) is 8.78 Å². The lowest BCUT2D eigenvalue weighted by molar-refractivity contribution is 0.222. The minimum Gasteiger partial charge on any atom is -0.312 e. The van der Waals surface area contributed by atoms with Crippen molar-refractivity contribution < 1.29 is 8.78 Å². The van der Waals surface area contributed by atoms with Crippen molar-refractivity contribution in [2.45, 2.75) is 52.0 Å². The van der Waals surface area contributed by atoms with Crippen LogP contribution in [0.5, 0.6) is 0 Å². The zero-order chi connectivity index (χ0) is 15.3. The van der Waals surface area contributed by atoms with Crippen LogP contribution in [-0.4, -0.2) is 12.1 Å². The van der Waals surface area contributed by atoms with Crippen LogP contribution < -0.4 is 5.32 Å². The highest BCUT2D eigenvalue weighted by Crippen LogP contribution is 2.60. The molecule has 0 aliphatic heterocycles. The molecule has 0 amide bonds. The Kier molecular flexibility index (Phi) is 3.59. The van der Waals surface area contributed by atoms with Gasteiger partial charge in [0.1, 0.15) is 11.6 Å². The monoisotopic (exact) mass is 293 g/mol. The summed E-state index contributed by atoms with van der Waals surface area (Å²) in [6.07, 6.45) is 4.52. The Hall–Kier alpha value is -0.960. The van der Waals surface area contributed by atoms with E-state index in [-0.39, 0.29) is 11.0 Å². The number of hydrogen-bond acceptors (Lipinski definition) is 1. The van der Waals surface area contributed by atoms with Crippen molar-refractivity contribution in [2.24, 2.45) is 17.3 Å². The van der Waals surface area contributed by atoms with Crippen molar-refractivity contribution in [2.75, 3.05) is 6.54 Å². The summed E-state index contributed by atoms with van der Waals surface area (Å²) in [6, 6.07) is 3.94. The quantitative estimate of drug-likeness (QED) is 0.872. The normalized spacial score (nSPS) is 31.3. The Morgan fingerprint density at radius 3 is 2.19 bits per heavy atom. The van der Waals surface area contributed by atoms with E-state index in [1.165, 1.54) is 31.4 Å². The highest BCUT2D eigenvalue weighted by atomic mass is 19.1. The number of fused-ring (bicyclic) bond motifs is 1. The second kappa shape index (κ2) is 5.05. The summed E-state index contributed by atoms with van der Waals surface area (Å²) in [5.41, 5.74) is 1.04. The maximum Gasteiger partial charge on any atom is 0.126 e. The maximum absolute atomic E-state index is 13.4. The molecule has 0 radical (unpaired) electrons. The highest BCUT2D eigenvalue weighted by Gasteiger charge is 2.53. The Morgan fingerprint density at radius 2 is 1.67 bits per heavy atom. The molecule has 1 nitrogen and oxygen atoms in total. The number of halogens is 2. The van der Waals surface area contributed by atoms with Gasteiger partial charge >= 0.3 is 0 Å². The van der Waals surface area contributed by atoms with Crippen molar-refractivity contribution in [1.29, 1.82) is 0 Å². The molecule has 0 saturated heterocycles. The molecule has 2 unspecified atom stereocenters. The van der Waals surface area contributed by atoms with E-state index in [0.29, 0.717) is 0 Å². The summed E-state index contributed by atoms with van der Waals surface area (Å²) in [6.45, 7) is 7.43. The van der Waals surface area contributed by atoms with Crippen molar-refractivity contribution in [3.05, 3.63) is 35.4 Å². The van der Waals surface area contributed by atoms with Gasteiger partial charge in [0.15, 0.2) is 0 Å². The van der Waals surface area contributed by atoms with Crippen LogP contribution in [0.3, 0.4) is 0 Å². The van der Waals surface area contributed by atoms with Crippen LogP contribution in [-0.2, 0) is 6.42 Å². The number of rotatable bonds is 4. The van der Waals surface area contributed by atoms with E-state index in [0.717, 1.165) is 36.4 Å². The molecule has 1 N–H and O–H groups in total. The zero-order valence-electron chi connectivity index (χ0n) is 13.2. The summed E-state index contributed by atoms with van der Waals surface area (Å²) in [5, 5.41) is 3.61. The summed E-state index contributed by atoms with van der Waals surface area (Å²) in [7, 11) is 0. The van der Waals surface area contributed by atoms with E-state index < -0.39 is 11.6 Å². The fourth-order valence-corrected chi connectivity index (χ4v) is 3.96. The molecule has 3 rings (SSSR count). The standard InChI is InChI=1S/C18H25F2N/c1-17(2,3)21-11-18(9-13-6-14(13)10-18)8-12-4-15(19)7-16(20)5-12/h4-5,7,13-14,21H,6,8-11H2,1-3H3. The molecular weight excluding hydrogens is 268 g/mol. The molecule has 1 aromatic carbocycles. The largest absolute Gasteiger partial charge is 0.312 e. The minimum atomic E-state index is -0.466. The molecule has 2 aliphatic carbocycles. The molecule has 0 bridgehead atoms. The van der Waals surface area contributed by atoms with E-state index in [4.69, 9.17) is 0 Å². The Bertz CT molecular complexity index is 502. The molecule has 3 heteroatoms. The summed E-state index contributed by atoms with van der Waals surface area (Å²) < 4.78 is 26.9. The SMILES string of the molecule is CC(C)(C)NCC1(Cc2cc(F)cc(F)c2)CC2CC2C1. The van der Waals surface area contributed by atoms with Gasteiger partial charge in [0.2, 0.25) is 0 Å². The van der Waals surface area contributed by atoms with Crippen LogP contribution in [0.15, 0.2) is 18.2 Å². The van der Waals surface area contributed by atoms with E-state index >= 15 is 0 Å². The smallest absolute Gasteiger partial charge is 0.126 e. The van der Waals surface area contributed by atoms with Gasteiger partial charge in [-0.1, -0.05) is 0 Å². The number of hydrogen-bond donors (Lipinski definition) is 1. The van der Waals surface area contributed by atoms with Gasteiger partial charge in [-0.15, -0.1) is 0 Å². The second-order valence-electron chi connectivity index (χ2n) is 8.22. The van der Waals surface area contributed by atoms with E-state index in [9.17, 15) is 8.78 Å². The second-order valence-corrected chi connectivity index (χ2v) is 8.22. The molecule has 2 fully saturated rings. The summed E-state index contributed by atoms with van der Waals surface area (Å²) in [5.74, 6) is 0.773. The fraction of sp³-hybridized carbons (Fsp3) is 0.667. The van der Waals surface area contributed by atoms with Crippen molar-refractivity contribution >= 4 is 0 Å². The van der Waals surface area contributed by atoms with Crippen molar-refractivity contribution in [3.8, 4) is 0 Å². The molecular formula is C18H25F2N. The van der Waals surface area contributed by atoms with Crippen LogP contribution in [0.2, 0.25) is 0 Å². The van der Waals surface area contributed by atoms with Gasteiger partial charge in [-0.25, -0.2) is 8.78 Å².